The van der Waals surface area contributed by atoms with Crippen LogP contribution in [0.3, 0.4) is 0 Å². The number of pyridine rings is 1. The van der Waals surface area contributed by atoms with E-state index in [0.717, 1.165) is 30.5 Å². The van der Waals surface area contributed by atoms with Gasteiger partial charge < -0.3 is 9.47 Å². The summed E-state index contributed by atoms with van der Waals surface area (Å²) in [5.41, 5.74) is 1.12. The van der Waals surface area contributed by atoms with Gasteiger partial charge in [0.2, 0.25) is 0 Å². The Hall–Kier alpha value is -1.80. The van der Waals surface area contributed by atoms with E-state index in [4.69, 9.17) is 13.7 Å². The lowest BCUT2D eigenvalue weighted by Crippen LogP contribution is -2.48. The third-order valence-electron chi connectivity index (χ3n) is 6.16. The van der Waals surface area contributed by atoms with Crippen molar-refractivity contribution in [2.45, 2.75) is 69.0 Å². The molecule has 1 fully saturated rings. The van der Waals surface area contributed by atoms with Crippen LogP contribution in [0.1, 0.15) is 57.2 Å². The Balaban J connectivity index is 1.63. The molecule has 0 radical (unpaired) electrons. The van der Waals surface area contributed by atoms with Crippen LogP contribution in [0.25, 0.3) is 0 Å². The maximum Gasteiger partial charge on any atom is 0.296 e. The molecule has 0 N–H and O–H groups in total. The minimum absolute atomic E-state index is 0.0672. The number of hydrogen-bond acceptors (Lipinski definition) is 6. The quantitative estimate of drug-likeness (QED) is 0.386. The van der Waals surface area contributed by atoms with Crippen LogP contribution in [-0.2, 0) is 29.4 Å². The van der Waals surface area contributed by atoms with E-state index >= 15 is 0 Å². The van der Waals surface area contributed by atoms with Gasteiger partial charge in [0.1, 0.15) is 5.60 Å². The van der Waals surface area contributed by atoms with Crippen molar-refractivity contribution in [3.8, 4) is 0 Å². The minimum atomic E-state index is -3.76. The Morgan fingerprint density at radius 1 is 1.06 bits per heavy atom. The summed E-state index contributed by atoms with van der Waals surface area (Å²) < 4.78 is 42.5. The van der Waals surface area contributed by atoms with E-state index in [1.54, 1.807) is 30.5 Å². The van der Waals surface area contributed by atoms with Crippen molar-refractivity contribution in [3.05, 3.63) is 59.9 Å². The lowest BCUT2D eigenvalue weighted by molar-refractivity contribution is -0.192. The van der Waals surface area contributed by atoms with Gasteiger partial charge in [-0.15, -0.1) is 0 Å². The molecule has 1 atom stereocenters. The van der Waals surface area contributed by atoms with Gasteiger partial charge in [0.25, 0.3) is 10.1 Å². The normalized spacial score (nSPS) is 21.1. The van der Waals surface area contributed by atoms with Gasteiger partial charge in [0.05, 0.1) is 36.0 Å². The van der Waals surface area contributed by atoms with Crippen molar-refractivity contribution >= 4 is 10.1 Å². The zero-order valence-corrected chi connectivity index (χ0v) is 19.5. The molecule has 6 nitrogen and oxygen atoms in total. The molecule has 0 bridgehead atoms. The average Bonchev–Trinajstić information content (AvgIpc) is 2.79. The lowest BCUT2D eigenvalue weighted by atomic mass is 9.77. The van der Waals surface area contributed by atoms with E-state index in [1.807, 2.05) is 25.1 Å². The molecule has 170 valence electrons. The van der Waals surface area contributed by atoms with Crippen LogP contribution < -0.4 is 0 Å². The predicted molar refractivity (Wildman–Crippen MR) is 119 cm³/mol. The van der Waals surface area contributed by atoms with Gasteiger partial charge in [-0.1, -0.05) is 37.6 Å². The number of nitrogens with zero attached hydrogens (tertiary/aromatic N) is 1. The van der Waals surface area contributed by atoms with E-state index in [2.05, 4.69) is 18.8 Å². The second kappa shape index (κ2) is 10.2. The molecular weight excluding hydrogens is 414 g/mol. The molecular formula is C24H33NO5S. The maximum absolute atomic E-state index is 12.4. The molecule has 1 aliphatic heterocycles. The predicted octanol–water partition coefficient (Wildman–Crippen LogP) is 4.77. The van der Waals surface area contributed by atoms with Crippen molar-refractivity contribution in [2.24, 2.45) is 0 Å². The largest absolute Gasteiger partial charge is 0.375 e. The highest BCUT2D eigenvalue weighted by Gasteiger charge is 2.46. The highest BCUT2D eigenvalue weighted by Crippen LogP contribution is 2.44. The highest BCUT2D eigenvalue weighted by atomic mass is 32.2. The summed E-state index contributed by atoms with van der Waals surface area (Å²) in [7, 11) is -3.76. The summed E-state index contributed by atoms with van der Waals surface area (Å²) in [6, 6.07) is 12.5. The monoisotopic (exact) mass is 447 g/mol. The molecule has 1 aliphatic rings. The number of hydrogen-bond donors (Lipinski definition) is 0. The molecule has 0 saturated carbocycles. The molecule has 1 unspecified atom stereocenters. The molecule has 31 heavy (non-hydrogen) atoms. The molecule has 0 amide bonds. The van der Waals surface area contributed by atoms with Crippen molar-refractivity contribution in [3.63, 3.8) is 0 Å². The number of aromatic nitrogens is 1. The molecule has 0 aliphatic carbocycles. The maximum atomic E-state index is 12.4. The number of benzene rings is 1. The molecule has 7 heteroatoms. The first-order valence-corrected chi connectivity index (χ1v) is 12.4. The fraction of sp³-hybridized carbons (Fsp3) is 0.542. The zero-order chi connectivity index (χ0) is 22.4. The third-order valence-corrected chi connectivity index (χ3v) is 7.48. The van der Waals surface area contributed by atoms with Gasteiger partial charge in [-0.2, -0.15) is 8.42 Å². The standard InChI is InChI=1S/C24H33NO5S/c1-4-23(5-2)19-24(14-18-28-23,22-9-6-7-15-25-22)29-16-8-17-30-31(26,27)21-12-10-20(3)11-13-21/h6-7,9-13,15H,4-5,8,14,16-19H2,1-3H3. The van der Waals surface area contributed by atoms with Crippen molar-refractivity contribution in [1.82, 2.24) is 4.98 Å². The summed E-state index contributed by atoms with van der Waals surface area (Å²) in [6.07, 6.45) is 5.50. The van der Waals surface area contributed by atoms with E-state index in [9.17, 15) is 8.42 Å². The van der Waals surface area contributed by atoms with Crippen molar-refractivity contribution in [1.29, 1.82) is 0 Å². The Kier molecular flexibility index (Phi) is 7.86. The Labute approximate surface area is 186 Å². The Bertz CT molecular complexity index is 926. The van der Waals surface area contributed by atoms with Crippen molar-refractivity contribution < 1.29 is 22.1 Å². The van der Waals surface area contributed by atoms with Crippen LogP contribution in [0.4, 0.5) is 0 Å². The van der Waals surface area contributed by atoms with Crippen LogP contribution in [0, 0.1) is 6.92 Å². The summed E-state index contributed by atoms with van der Waals surface area (Å²) in [4.78, 5) is 4.76. The zero-order valence-electron chi connectivity index (χ0n) is 18.7. The number of aryl methyl sites for hydroxylation is 1. The number of ether oxygens (including phenoxy) is 2. The van der Waals surface area contributed by atoms with Crippen LogP contribution >= 0.6 is 0 Å². The first-order chi connectivity index (χ1) is 14.8. The first kappa shape index (κ1) is 23.9. The van der Waals surface area contributed by atoms with Crippen LogP contribution in [-0.4, -0.2) is 38.8 Å². The van der Waals surface area contributed by atoms with Crippen molar-refractivity contribution in [2.75, 3.05) is 19.8 Å². The molecule has 1 aromatic heterocycles. The van der Waals surface area contributed by atoms with Gasteiger partial charge in [0, 0.05) is 19.0 Å². The minimum Gasteiger partial charge on any atom is -0.375 e. The van der Waals surface area contributed by atoms with E-state index in [0.29, 0.717) is 26.1 Å². The lowest BCUT2D eigenvalue weighted by Gasteiger charge is -2.47. The van der Waals surface area contributed by atoms with E-state index < -0.39 is 15.7 Å². The summed E-state index contributed by atoms with van der Waals surface area (Å²) in [5, 5.41) is 0. The summed E-state index contributed by atoms with van der Waals surface area (Å²) in [6.45, 7) is 7.25. The SMILES string of the molecule is CCC1(CC)CC(OCCCOS(=O)(=O)c2ccc(C)cc2)(c2ccccn2)CCO1. The topological polar surface area (TPSA) is 74.7 Å². The summed E-state index contributed by atoms with van der Waals surface area (Å²) >= 11 is 0. The number of rotatable bonds is 10. The van der Waals surface area contributed by atoms with Gasteiger partial charge >= 0.3 is 0 Å². The molecule has 1 saturated heterocycles. The average molecular weight is 448 g/mol. The molecule has 3 rings (SSSR count). The molecule has 2 heterocycles. The second-order valence-corrected chi connectivity index (χ2v) is 9.78. The van der Waals surface area contributed by atoms with Gasteiger partial charge in [-0.05, 0) is 50.5 Å². The van der Waals surface area contributed by atoms with Gasteiger partial charge in [-0.25, -0.2) is 0 Å². The Morgan fingerprint density at radius 3 is 2.45 bits per heavy atom. The fourth-order valence-corrected chi connectivity index (χ4v) is 5.06. The van der Waals surface area contributed by atoms with Crippen LogP contribution in [0.2, 0.25) is 0 Å². The smallest absolute Gasteiger partial charge is 0.296 e. The van der Waals surface area contributed by atoms with Gasteiger partial charge in [0.15, 0.2) is 0 Å². The van der Waals surface area contributed by atoms with Crippen LogP contribution in [0.5, 0.6) is 0 Å². The molecule has 1 aromatic carbocycles. The highest BCUT2D eigenvalue weighted by molar-refractivity contribution is 7.86. The van der Waals surface area contributed by atoms with E-state index in [1.165, 1.54) is 0 Å². The van der Waals surface area contributed by atoms with Crippen LogP contribution in [0.15, 0.2) is 53.6 Å². The second-order valence-electron chi connectivity index (χ2n) is 8.17. The third kappa shape index (κ3) is 5.71. The molecule has 2 aromatic rings. The summed E-state index contributed by atoms with van der Waals surface area (Å²) in [5.74, 6) is 0. The first-order valence-electron chi connectivity index (χ1n) is 11.0. The Morgan fingerprint density at radius 2 is 1.81 bits per heavy atom. The van der Waals surface area contributed by atoms with E-state index in [-0.39, 0.29) is 17.1 Å². The molecule has 0 spiro atoms. The fourth-order valence-electron chi connectivity index (χ4n) is 4.11. The van der Waals surface area contributed by atoms with Gasteiger partial charge in [-0.3, -0.25) is 9.17 Å².